The molecule has 18 heavy (non-hydrogen) atoms. The zero-order valence-electron chi connectivity index (χ0n) is 10.4. The van der Waals surface area contributed by atoms with E-state index in [9.17, 15) is 4.79 Å². The second kappa shape index (κ2) is 4.57. The lowest BCUT2D eigenvalue weighted by atomic mass is 10.0. The van der Waals surface area contributed by atoms with Crippen molar-refractivity contribution in [2.75, 3.05) is 38.2 Å². The second-order valence-corrected chi connectivity index (χ2v) is 4.98. The maximum atomic E-state index is 11.5. The number of hydrogen-bond acceptors (Lipinski definition) is 5. The number of carbonyl (C=O) groups excluding carboxylic acids is 1. The first-order chi connectivity index (χ1) is 8.78. The van der Waals surface area contributed by atoms with E-state index in [0.29, 0.717) is 17.4 Å². The molecular formula is C13H17N3O2. The zero-order chi connectivity index (χ0) is 12.5. The summed E-state index contributed by atoms with van der Waals surface area (Å²) in [6, 6.07) is 3.51. The predicted molar refractivity (Wildman–Crippen MR) is 67.6 cm³/mol. The Morgan fingerprint density at radius 3 is 2.83 bits per heavy atom. The molecule has 0 radical (unpaired) electrons. The fourth-order valence-corrected chi connectivity index (χ4v) is 2.88. The van der Waals surface area contributed by atoms with E-state index in [2.05, 4.69) is 15.2 Å². The third-order valence-corrected chi connectivity index (χ3v) is 3.88. The molecule has 0 aliphatic carbocycles. The average molecular weight is 247 g/mol. The Morgan fingerprint density at radius 1 is 1.44 bits per heavy atom. The fourth-order valence-electron chi connectivity index (χ4n) is 2.88. The minimum atomic E-state index is -0.306. The number of carbonyl (C=O) groups is 1. The highest BCUT2D eigenvalue weighted by atomic mass is 16.5. The Bertz CT molecular complexity index is 451. The van der Waals surface area contributed by atoms with E-state index in [0.717, 1.165) is 32.0 Å². The first-order valence-electron chi connectivity index (χ1n) is 6.28. The quantitative estimate of drug-likeness (QED) is 0.772. The molecule has 2 aliphatic heterocycles. The molecule has 1 aromatic rings. The SMILES string of the molecule is COC(=O)c1ccnc(N2C[C@H]3CNC[C@H]3C2)c1. The highest BCUT2D eigenvalue weighted by Gasteiger charge is 2.36. The molecule has 96 valence electrons. The number of nitrogens with zero attached hydrogens (tertiary/aromatic N) is 2. The summed E-state index contributed by atoms with van der Waals surface area (Å²) in [7, 11) is 1.40. The van der Waals surface area contributed by atoms with Crippen LogP contribution in [-0.2, 0) is 4.74 Å². The van der Waals surface area contributed by atoms with Crippen molar-refractivity contribution in [2.45, 2.75) is 0 Å². The molecule has 1 N–H and O–H groups in total. The molecule has 2 fully saturated rings. The third-order valence-electron chi connectivity index (χ3n) is 3.88. The van der Waals surface area contributed by atoms with Crippen LogP contribution in [0, 0.1) is 11.8 Å². The normalized spacial score (nSPS) is 26.2. The van der Waals surface area contributed by atoms with Crippen molar-refractivity contribution < 1.29 is 9.53 Å². The van der Waals surface area contributed by atoms with Gasteiger partial charge in [0.2, 0.25) is 0 Å². The largest absolute Gasteiger partial charge is 0.465 e. The molecule has 0 amide bonds. The van der Waals surface area contributed by atoms with E-state index >= 15 is 0 Å². The van der Waals surface area contributed by atoms with Gasteiger partial charge in [-0.05, 0) is 24.0 Å². The molecule has 2 saturated heterocycles. The molecule has 0 unspecified atom stereocenters. The molecule has 3 heterocycles. The van der Waals surface area contributed by atoms with E-state index in [1.165, 1.54) is 7.11 Å². The van der Waals surface area contributed by atoms with Crippen molar-refractivity contribution in [1.82, 2.24) is 10.3 Å². The Morgan fingerprint density at radius 2 is 2.17 bits per heavy atom. The number of aromatic nitrogens is 1. The van der Waals surface area contributed by atoms with Gasteiger partial charge in [-0.3, -0.25) is 0 Å². The number of fused-ring (bicyclic) bond motifs is 1. The lowest BCUT2D eigenvalue weighted by molar-refractivity contribution is 0.0600. The molecule has 1 aromatic heterocycles. The number of hydrogen-bond donors (Lipinski definition) is 1. The Hall–Kier alpha value is -1.62. The fraction of sp³-hybridized carbons (Fsp3) is 0.538. The summed E-state index contributed by atoms with van der Waals surface area (Å²) in [5.74, 6) is 2.01. The maximum Gasteiger partial charge on any atom is 0.338 e. The van der Waals surface area contributed by atoms with Gasteiger partial charge in [-0.1, -0.05) is 0 Å². The summed E-state index contributed by atoms with van der Waals surface area (Å²) in [6.07, 6.45) is 1.67. The van der Waals surface area contributed by atoms with Crippen molar-refractivity contribution in [1.29, 1.82) is 0 Å². The summed E-state index contributed by atoms with van der Waals surface area (Å²) in [5.41, 5.74) is 0.567. The molecule has 0 bridgehead atoms. The van der Waals surface area contributed by atoms with Crippen LogP contribution >= 0.6 is 0 Å². The minimum Gasteiger partial charge on any atom is -0.465 e. The van der Waals surface area contributed by atoms with Crippen LogP contribution < -0.4 is 10.2 Å². The molecule has 3 rings (SSSR count). The van der Waals surface area contributed by atoms with E-state index in [1.54, 1.807) is 12.3 Å². The van der Waals surface area contributed by atoms with E-state index in [-0.39, 0.29) is 5.97 Å². The molecule has 5 heteroatoms. The van der Waals surface area contributed by atoms with Crippen LogP contribution in [0.15, 0.2) is 18.3 Å². The van der Waals surface area contributed by atoms with Crippen molar-refractivity contribution in [3.05, 3.63) is 23.9 Å². The van der Waals surface area contributed by atoms with Crippen molar-refractivity contribution in [3.8, 4) is 0 Å². The van der Waals surface area contributed by atoms with Gasteiger partial charge in [0.1, 0.15) is 5.82 Å². The van der Waals surface area contributed by atoms with Crippen LogP contribution in [0.25, 0.3) is 0 Å². The first kappa shape index (κ1) is 11.5. The maximum absolute atomic E-state index is 11.5. The van der Waals surface area contributed by atoms with Gasteiger partial charge in [-0.15, -0.1) is 0 Å². The predicted octanol–water partition coefficient (Wildman–Crippen LogP) is 0.524. The van der Waals surface area contributed by atoms with Crippen molar-refractivity contribution in [2.24, 2.45) is 11.8 Å². The van der Waals surface area contributed by atoms with Gasteiger partial charge in [-0.25, -0.2) is 9.78 Å². The number of methoxy groups -OCH3 is 1. The lowest BCUT2D eigenvalue weighted by Gasteiger charge is -2.18. The van der Waals surface area contributed by atoms with Gasteiger partial charge in [0.05, 0.1) is 12.7 Å². The molecule has 5 nitrogen and oxygen atoms in total. The van der Waals surface area contributed by atoms with Crippen LogP contribution in [0.3, 0.4) is 0 Å². The van der Waals surface area contributed by atoms with Crippen LogP contribution in [0.5, 0.6) is 0 Å². The van der Waals surface area contributed by atoms with Crippen molar-refractivity contribution >= 4 is 11.8 Å². The third kappa shape index (κ3) is 1.95. The summed E-state index contributed by atoms with van der Waals surface area (Å²) >= 11 is 0. The monoisotopic (exact) mass is 247 g/mol. The zero-order valence-corrected chi connectivity index (χ0v) is 10.4. The molecular weight excluding hydrogens is 230 g/mol. The lowest BCUT2D eigenvalue weighted by Crippen LogP contribution is -2.26. The van der Waals surface area contributed by atoms with Gasteiger partial charge in [0, 0.05) is 32.4 Å². The van der Waals surface area contributed by atoms with Gasteiger partial charge < -0.3 is 15.0 Å². The molecule has 2 aliphatic rings. The minimum absolute atomic E-state index is 0.306. The second-order valence-electron chi connectivity index (χ2n) is 4.98. The van der Waals surface area contributed by atoms with E-state index in [4.69, 9.17) is 4.74 Å². The molecule has 0 aromatic carbocycles. The van der Waals surface area contributed by atoms with E-state index < -0.39 is 0 Å². The number of ether oxygens (including phenoxy) is 1. The van der Waals surface area contributed by atoms with Crippen molar-refractivity contribution in [3.63, 3.8) is 0 Å². The Labute approximate surface area is 106 Å². The van der Waals surface area contributed by atoms with Crippen LogP contribution in [-0.4, -0.2) is 44.2 Å². The summed E-state index contributed by atoms with van der Waals surface area (Å²) in [6.45, 7) is 4.24. The van der Waals surface area contributed by atoms with Gasteiger partial charge >= 0.3 is 5.97 Å². The number of anilines is 1. The Balaban J connectivity index is 1.79. The first-order valence-corrected chi connectivity index (χ1v) is 6.28. The summed E-state index contributed by atoms with van der Waals surface area (Å²) in [5, 5.41) is 3.41. The number of esters is 1. The molecule has 0 spiro atoms. The van der Waals surface area contributed by atoms with E-state index in [1.807, 2.05) is 6.07 Å². The van der Waals surface area contributed by atoms with Gasteiger partial charge in [0.15, 0.2) is 0 Å². The highest BCUT2D eigenvalue weighted by molar-refractivity contribution is 5.90. The highest BCUT2D eigenvalue weighted by Crippen LogP contribution is 2.29. The molecule has 2 atom stereocenters. The summed E-state index contributed by atoms with van der Waals surface area (Å²) in [4.78, 5) is 18.1. The van der Waals surface area contributed by atoms with Gasteiger partial charge in [-0.2, -0.15) is 0 Å². The summed E-state index contributed by atoms with van der Waals surface area (Å²) < 4.78 is 4.73. The van der Waals surface area contributed by atoms with Gasteiger partial charge in [0.25, 0.3) is 0 Å². The smallest absolute Gasteiger partial charge is 0.338 e. The van der Waals surface area contributed by atoms with Crippen LogP contribution in [0.1, 0.15) is 10.4 Å². The molecule has 0 saturated carbocycles. The number of rotatable bonds is 2. The number of nitrogens with one attached hydrogen (secondary N) is 1. The standard InChI is InChI=1S/C13H17N3O2/c1-18-13(17)9-2-3-15-12(4-9)16-7-10-5-14-6-11(10)8-16/h2-4,10-11,14H,5-8H2,1H3/t10-,11+. The van der Waals surface area contributed by atoms with Crippen LogP contribution in [0.4, 0.5) is 5.82 Å². The van der Waals surface area contributed by atoms with Crippen LogP contribution in [0.2, 0.25) is 0 Å². The topological polar surface area (TPSA) is 54.5 Å². The number of pyridine rings is 1. The average Bonchev–Trinajstić information content (AvgIpc) is 2.98. The Kier molecular flexibility index (Phi) is 2.91.